The molecule has 4 rings (SSSR count). The van der Waals surface area contributed by atoms with Gasteiger partial charge in [-0.3, -0.25) is 4.79 Å². The second-order valence-corrected chi connectivity index (χ2v) is 6.62. The van der Waals surface area contributed by atoms with Crippen LogP contribution in [-0.2, 0) is 11.3 Å². The van der Waals surface area contributed by atoms with Crippen LogP contribution in [0.25, 0.3) is 22.2 Å². The van der Waals surface area contributed by atoms with E-state index in [2.05, 4.69) is 15.6 Å². The smallest absolute Gasteiger partial charge is 0.244 e. The molecule has 146 valence electrons. The maximum atomic E-state index is 12.9. The zero-order chi connectivity index (χ0) is 20.1. The fourth-order valence-electron chi connectivity index (χ4n) is 3.33. The molecule has 6 heteroatoms. The van der Waals surface area contributed by atoms with Gasteiger partial charge < -0.3 is 20.3 Å². The summed E-state index contributed by atoms with van der Waals surface area (Å²) in [5.41, 5.74) is 4.43. The highest BCUT2D eigenvalue weighted by molar-refractivity contribution is 5.96. The molecule has 3 N–H and O–H groups in total. The Morgan fingerprint density at radius 2 is 1.66 bits per heavy atom. The van der Waals surface area contributed by atoms with Gasteiger partial charge in [-0.1, -0.05) is 60.7 Å². The largest absolute Gasteiger partial charge is 0.395 e. The Morgan fingerprint density at radius 3 is 2.48 bits per heavy atom. The van der Waals surface area contributed by atoms with Crippen molar-refractivity contribution < 1.29 is 9.90 Å². The van der Waals surface area contributed by atoms with E-state index >= 15 is 0 Å². The molecule has 0 radical (unpaired) electrons. The summed E-state index contributed by atoms with van der Waals surface area (Å²) >= 11 is 0. The molecule has 0 unspecified atom stereocenters. The minimum absolute atomic E-state index is 0.0140. The third kappa shape index (κ3) is 4.12. The number of carbonyl (C=O) groups excluding carboxylic acids is 1. The highest BCUT2D eigenvalue weighted by atomic mass is 16.3. The molecular weight excluding hydrogens is 364 g/mol. The number of para-hydroxylation sites is 3. The van der Waals surface area contributed by atoms with Crippen LogP contribution in [0.1, 0.15) is 0 Å². The SMILES string of the molecule is O=C(Cn1c(NCCO)nc2ccccc21)Nc1ccccc1-c1ccccc1. The van der Waals surface area contributed by atoms with Crippen LogP contribution < -0.4 is 10.6 Å². The highest BCUT2D eigenvalue weighted by Gasteiger charge is 2.14. The average Bonchev–Trinajstić information content (AvgIpc) is 3.10. The van der Waals surface area contributed by atoms with Gasteiger partial charge in [-0.15, -0.1) is 0 Å². The van der Waals surface area contributed by atoms with Gasteiger partial charge in [-0.2, -0.15) is 0 Å². The molecule has 0 saturated carbocycles. The van der Waals surface area contributed by atoms with Gasteiger partial charge in [0.05, 0.1) is 17.6 Å². The molecule has 0 fully saturated rings. The third-order valence-corrected chi connectivity index (χ3v) is 4.64. The molecule has 1 heterocycles. The van der Waals surface area contributed by atoms with Gasteiger partial charge in [0.15, 0.2) is 0 Å². The number of carbonyl (C=O) groups is 1. The molecule has 0 aliphatic heterocycles. The molecule has 0 saturated heterocycles. The van der Waals surface area contributed by atoms with Crippen LogP contribution in [0, 0.1) is 0 Å². The Labute approximate surface area is 168 Å². The summed E-state index contributed by atoms with van der Waals surface area (Å²) in [5.74, 6) is 0.412. The van der Waals surface area contributed by atoms with Crippen molar-refractivity contribution in [2.75, 3.05) is 23.8 Å². The number of amides is 1. The predicted molar refractivity (Wildman–Crippen MR) is 116 cm³/mol. The van der Waals surface area contributed by atoms with E-state index in [-0.39, 0.29) is 19.1 Å². The number of imidazole rings is 1. The normalized spacial score (nSPS) is 10.8. The fraction of sp³-hybridized carbons (Fsp3) is 0.130. The molecule has 0 aliphatic rings. The summed E-state index contributed by atoms with van der Waals surface area (Å²) in [6.07, 6.45) is 0. The van der Waals surface area contributed by atoms with Gasteiger partial charge >= 0.3 is 0 Å². The second-order valence-electron chi connectivity index (χ2n) is 6.62. The maximum Gasteiger partial charge on any atom is 0.244 e. The molecule has 1 aromatic heterocycles. The summed E-state index contributed by atoms with van der Waals surface area (Å²) in [5, 5.41) is 15.2. The maximum absolute atomic E-state index is 12.9. The summed E-state index contributed by atoms with van der Waals surface area (Å²) < 4.78 is 1.82. The number of benzene rings is 3. The van der Waals surface area contributed by atoms with Crippen LogP contribution in [0.3, 0.4) is 0 Å². The van der Waals surface area contributed by atoms with Crippen LogP contribution in [0.4, 0.5) is 11.6 Å². The molecule has 3 aromatic carbocycles. The molecule has 6 nitrogen and oxygen atoms in total. The van der Waals surface area contributed by atoms with Gasteiger partial charge in [0.1, 0.15) is 6.54 Å². The Morgan fingerprint density at radius 1 is 0.931 bits per heavy atom. The van der Waals surface area contributed by atoms with Crippen molar-refractivity contribution in [1.82, 2.24) is 9.55 Å². The van der Waals surface area contributed by atoms with E-state index in [9.17, 15) is 4.79 Å². The minimum Gasteiger partial charge on any atom is -0.395 e. The second kappa shape index (κ2) is 8.58. The number of aliphatic hydroxyl groups excluding tert-OH is 1. The molecule has 29 heavy (non-hydrogen) atoms. The van der Waals surface area contributed by atoms with E-state index in [1.807, 2.05) is 83.4 Å². The molecule has 1 amide bonds. The van der Waals surface area contributed by atoms with Crippen LogP contribution >= 0.6 is 0 Å². The van der Waals surface area contributed by atoms with Gasteiger partial charge in [-0.25, -0.2) is 4.98 Å². The van der Waals surface area contributed by atoms with Gasteiger partial charge in [-0.05, 0) is 23.8 Å². The lowest BCUT2D eigenvalue weighted by Gasteiger charge is -2.13. The van der Waals surface area contributed by atoms with E-state index in [1.165, 1.54) is 0 Å². The average molecular weight is 386 g/mol. The van der Waals surface area contributed by atoms with Gasteiger partial charge in [0, 0.05) is 17.8 Å². The lowest BCUT2D eigenvalue weighted by molar-refractivity contribution is -0.116. The van der Waals surface area contributed by atoms with Crippen molar-refractivity contribution in [3.8, 4) is 11.1 Å². The number of hydrogen-bond acceptors (Lipinski definition) is 4. The number of hydrogen-bond donors (Lipinski definition) is 3. The number of aromatic nitrogens is 2. The van der Waals surface area contributed by atoms with Gasteiger partial charge in [0.25, 0.3) is 0 Å². The summed E-state index contributed by atoms with van der Waals surface area (Å²) in [6.45, 7) is 0.457. The minimum atomic E-state index is -0.149. The first-order valence-corrected chi connectivity index (χ1v) is 9.50. The molecular formula is C23H22N4O2. The number of rotatable bonds is 7. The monoisotopic (exact) mass is 386 g/mol. The summed E-state index contributed by atoms with van der Waals surface area (Å²) in [7, 11) is 0. The van der Waals surface area contributed by atoms with Crippen molar-refractivity contribution in [1.29, 1.82) is 0 Å². The number of aliphatic hydroxyl groups is 1. The number of fused-ring (bicyclic) bond motifs is 1. The molecule has 0 bridgehead atoms. The molecule has 4 aromatic rings. The van der Waals surface area contributed by atoms with E-state index in [0.29, 0.717) is 12.5 Å². The lowest BCUT2D eigenvalue weighted by Crippen LogP contribution is -2.21. The quantitative estimate of drug-likeness (QED) is 0.452. The van der Waals surface area contributed by atoms with E-state index in [0.717, 1.165) is 27.8 Å². The first-order chi connectivity index (χ1) is 14.3. The zero-order valence-corrected chi connectivity index (χ0v) is 15.9. The Bertz CT molecular complexity index is 1120. The number of anilines is 2. The molecule has 0 atom stereocenters. The van der Waals surface area contributed by atoms with Crippen LogP contribution in [0.2, 0.25) is 0 Å². The zero-order valence-electron chi connectivity index (χ0n) is 15.9. The van der Waals surface area contributed by atoms with Crippen molar-refractivity contribution in [3.63, 3.8) is 0 Å². The summed E-state index contributed by atoms with van der Waals surface area (Å²) in [6, 6.07) is 25.4. The van der Waals surface area contributed by atoms with Crippen LogP contribution in [-0.4, -0.2) is 33.7 Å². The van der Waals surface area contributed by atoms with E-state index in [1.54, 1.807) is 0 Å². The Hall–Kier alpha value is -3.64. The van der Waals surface area contributed by atoms with Crippen LogP contribution in [0.15, 0.2) is 78.9 Å². The number of nitrogens with zero attached hydrogens (tertiary/aromatic N) is 2. The van der Waals surface area contributed by atoms with Crippen molar-refractivity contribution in [3.05, 3.63) is 78.9 Å². The van der Waals surface area contributed by atoms with Crippen molar-refractivity contribution in [2.24, 2.45) is 0 Å². The van der Waals surface area contributed by atoms with Crippen LogP contribution in [0.5, 0.6) is 0 Å². The Balaban J connectivity index is 1.60. The molecule has 0 spiro atoms. The topological polar surface area (TPSA) is 79.2 Å². The first kappa shape index (κ1) is 18.7. The molecule has 0 aliphatic carbocycles. The van der Waals surface area contributed by atoms with E-state index in [4.69, 9.17) is 5.11 Å². The first-order valence-electron chi connectivity index (χ1n) is 9.50. The lowest BCUT2D eigenvalue weighted by atomic mass is 10.0. The fourth-order valence-corrected chi connectivity index (χ4v) is 3.33. The summed E-state index contributed by atoms with van der Waals surface area (Å²) in [4.78, 5) is 17.4. The highest BCUT2D eigenvalue weighted by Crippen LogP contribution is 2.28. The predicted octanol–water partition coefficient (Wildman–Crippen LogP) is 3.75. The standard InChI is InChI=1S/C23H22N4O2/c28-15-14-24-23-26-20-12-6-7-13-21(20)27(23)16-22(29)25-19-11-5-4-10-18(19)17-8-2-1-3-9-17/h1-13,28H,14-16H2,(H,24,26)(H,25,29). The Kier molecular flexibility index (Phi) is 5.54. The number of nitrogens with one attached hydrogen (secondary N) is 2. The van der Waals surface area contributed by atoms with Crippen molar-refractivity contribution >= 4 is 28.6 Å². The van der Waals surface area contributed by atoms with Gasteiger partial charge in [0.2, 0.25) is 11.9 Å². The third-order valence-electron chi connectivity index (χ3n) is 4.64. The van der Waals surface area contributed by atoms with E-state index < -0.39 is 0 Å². The van der Waals surface area contributed by atoms with Crippen molar-refractivity contribution in [2.45, 2.75) is 6.54 Å².